The average Bonchev–Trinajstić information content (AvgIpc) is 3.14. The first-order valence-corrected chi connectivity index (χ1v) is 11.9. The second-order valence-corrected chi connectivity index (χ2v) is 8.93. The highest BCUT2D eigenvalue weighted by Gasteiger charge is 2.29. The Balaban J connectivity index is 1.49. The topological polar surface area (TPSA) is 130 Å². The molecule has 1 aliphatic rings. The highest BCUT2D eigenvalue weighted by Crippen LogP contribution is 2.44. The van der Waals surface area contributed by atoms with Crippen molar-refractivity contribution in [2.75, 3.05) is 6.61 Å². The molecule has 9 nitrogen and oxygen atoms in total. The summed E-state index contributed by atoms with van der Waals surface area (Å²) in [6, 6.07) is 17.4. The fourth-order valence-electron chi connectivity index (χ4n) is 4.30. The summed E-state index contributed by atoms with van der Waals surface area (Å²) in [6.07, 6.45) is -0.697. The lowest BCUT2D eigenvalue weighted by Gasteiger charge is -2.17. The number of nitrogens with one attached hydrogen (secondary N) is 1. The van der Waals surface area contributed by atoms with Crippen LogP contribution in [-0.4, -0.2) is 21.1 Å². The van der Waals surface area contributed by atoms with Crippen molar-refractivity contribution in [1.82, 2.24) is 5.32 Å². The van der Waals surface area contributed by atoms with Crippen molar-refractivity contribution in [3.63, 3.8) is 0 Å². The first-order valence-electron chi connectivity index (χ1n) is 10.6. The zero-order valence-corrected chi connectivity index (χ0v) is 19.7. The molecule has 0 atom stereocenters. The zero-order valence-electron chi connectivity index (χ0n) is 18.9. The van der Waals surface area contributed by atoms with E-state index in [1.54, 1.807) is 0 Å². The summed E-state index contributed by atoms with van der Waals surface area (Å²) in [4.78, 5) is 15.2. The lowest BCUT2D eigenvalue weighted by atomic mass is 9.98. The zero-order chi connectivity index (χ0) is 25.2. The Bertz CT molecular complexity index is 1420. The van der Waals surface area contributed by atoms with E-state index in [4.69, 9.17) is 10.3 Å². The van der Waals surface area contributed by atoms with Gasteiger partial charge in [0, 0.05) is 28.6 Å². The van der Waals surface area contributed by atoms with Gasteiger partial charge in [0.2, 0.25) is 0 Å². The molecule has 0 spiro atoms. The van der Waals surface area contributed by atoms with Crippen LogP contribution < -0.4 is 9.50 Å². The molecule has 0 bridgehead atoms. The molecule has 0 radical (unpaired) electrons. The molecule has 0 saturated heterocycles. The summed E-state index contributed by atoms with van der Waals surface area (Å²) in [6.45, 7) is 2.95. The quantitative estimate of drug-likeness (QED) is 0.189. The minimum atomic E-state index is -5.32. The smallest absolute Gasteiger partial charge is 0.449 e. The highest BCUT2D eigenvalue weighted by atomic mass is 32.3. The minimum absolute atomic E-state index is 0.0427. The number of carbonyl (C=O) groups is 1. The van der Waals surface area contributed by atoms with Crippen LogP contribution in [0, 0.1) is 13.8 Å². The van der Waals surface area contributed by atoms with Gasteiger partial charge in [0.1, 0.15) is 6.61 Å². The Morgan fingerprint density at radius 3 is 2.26 bits per heavy atom. The summed E-state index contributed by atoms with van der Waals surface area (Å²) in [5.41, 5.74) is 14.0. The van der Waals surface area contributed by atoms with Crippen molar-refractivity contribution >= 4 is 22.3 Å². The summed E-state index contributed by atoms with van der Waals surface area (Å²) in [5, 5.41) is 6.09. The lowest BCUT2D eigenvalue weighted by molar-refractivity contribution is 0.142. The fourth-order valence-corrected chi connectivity index (χ4v) is 4.75. The molecule has 11 heteroatoms. The van der Waals surface area contributed by atoms with Gasteiger partial charge in [0.15, 0.2) is 5.75 Å². The van der Waals surface area contributed by atoms with Gasteiger partial charge in [-0.05, 0) is 58.8 Å². The van der Waals surface area contributed by atoms with Gasteiger partial charge in [-0.15, -0.1) is 0 Å². The van der Waals surface area contributed by atoms with E-state index in [1.165, 1.54) is 19.9 Å². The molecule has 1 amide bonds. The van der Waals surface area contributed by atoms with E-state index in [0.717, 1.165) is 22.3 Å². The number of halogens is 1. The normalized spacial score (nSPS) is 12.3. The van der Waals surface area contributed by atoms with E-state index >= 15 is 0 Å². The van der Waals surface area contributed by atoms with E-state index < -0.39 is 16.6 Å². The molecule has 4 rings (SSSR count). The molecular weight excluding hydrogens is 475 g/mol. The monoisotopic (exact) mass is 496 g/mol. The molecule has 1 N–H and O–H groups in total. The fraction of sp³-hybridized carbons (Fsp3) is 0.208. The Labute approximate surface area is 201 Å². The molecule has 0 saturated carbocycles. The number of ether oxygens (including phenoxy) is 1. The van der Waals surface area contributed by atoms with E-state index in [-0.39, 0.29) is 41.6 Å². The number of fused-ring (bicyclic) bond motifs is 3. The molecule has 1 aliphatic carbocycles. The van der Waals surface area contributed by atoms with E-state index in [0.29, 0.717) is 5.56 Å². The number of carbonyl (C=O) groups excluding carboxylic acids is 1. The summed E-state index contributed by atoms with van der Waals surface area (Å²) in [5.74, 6) is -0.415. The molecule has 0 unspecified atom stereocenters. The lowest BCUT2D eigenvalue weighted by Crippen LogP contribution is -2.26. The second-order valence-electron chi connectivity index (χ2n) is 7.98. The van der Waals surface area contributed by atoms with Crippen LogP contribution in [0.25, 0.3) is 21.6 Å². The molecule has 35 heavy (non-hydrogen) atoms. The van der Waals surface area contributed by atoms with Gasteiger partial charge in [0.05, 0.1) is 0 Å². The van der Waals surface area contributed by atoms with Crippen LogP contribution in [0.5, 0.6) is 5.75 Å². The largest absolute Gasteiger partial charge is 0.488 e. The number of hydrogen-bond acceptors (Lipinski definition) is 6. The van der Waals surface area contributed by atoms with Crippen molar-refractivity contribution in [3.05, 3.63) is 92.9 Å². The molecule has 0 fully saturated rings. The number of azide groups is 1. The van der Waals surface area contributed by atoms with Gasteiger partial charge in [-0.25, -0.2) is 4.79 Å². The Morgan fingerprint density at radius 2 is 1.69 bits per heavy atom. The van der Waals surface area contributed by atoms with E-state index in [2.05, 4.69) is 19.5 Å². The van der Waals surface area contributed by atoms with Gasteiger partial charge in [0.25, 0.3) is 0 Å². The van der Waals surface area contributed by atoms with Crippen LogP contribution in [-0.2, 0) is 21.8 Å². The van der Waals surface area contributed by atoms with E-state index in [9.17, 15) is 17.1 Å². The maximum Gasteiger partial charge on any atom is 0.488 e. The standard InChI is InChI=1S/C24H21FN4O5S/c1-14-16(11-22(28-29-26)15(2)23(14)34-35(25,31)32)12-27-24(30)33-13-21-19-9-5-3-7-17(19)18-8-4-6-10-20(18)21/h3-11,21H,12-13H2,1-2H3,(H,27,30). The molecule has 180 valence electrons. The summed E-state index contributed by atoms with van der Waals surface area (Å²) >= 11 is 0. The third kappa shape index (κ3) is 5.06. The highest BCUT2D eigenvalue weighted by molar-refractivity contribution is 7.81. The van der Waals surface area contributed by atoms with Crippen LogP contribution in [0.2, 0.25) is 0 Å². The van der Waals surface area contributed by atoms with Crippen molar-refractivity contribution in [2.24, 2.45) is 5.11 Å². The van der Waals surface area contributed by atoms with Crippen LogP contribution in [0.4, 0.5) is 14.4 Å². The van der Waals surface area contributed by atoms with Gasteiger partial charge in [-0.1, -0.05) is 57.5 Å². The number of amides is 1. The predicted octanol–water partition coefficient (Wildman–Crippen LogP) is 5.88. The maximum absolute atomic E-state index is 13.2. The minimum Gasteiger partial charge on any atom is -0.449 e. The van der Waals surface area contributed by atoms with Gasteiger partial charge in [-0.3, -0.25) is 0 Å². The third-order valence-corrected chi connectivity index (χ3v) is 6.33. The number of alkyl carbamates (subject to hydrolysis) is 1. The SMILES string of the molecule is Cc1c(CNC(=O)OCC2c3ccccc3-c3ccccc32)cc(N=[N+]=[N-])c(C)c1OS(=O)(=O)F. The van der Waals surface area contributed by atoms with Crippen molar-refractivity contribution in [2.45, 2.75) is 26.3 Å². The molecule has 0 aliphatic heterocycles. The Morgan fingerprint density at radius 1 is 1.09 bits per heavy atom. The van der Waals surface area contributed by atoms with Crippen molar-refractivity contribution in [1.29, 1.82) is 0 Å². The molecule has 3 aromatic carbocycles. The molecular formula is C24H21FN4O5S. The number of nitrogens with zero attached hydrogens (tertiary/aromatic N) is 3. The van der Waals surface area contributed by atoms with Crippen LogP contribution in [0.1, 0.15) is 33.7 Å². The first kappa shape index (κ1) is 24.1. The molecule has 0 aromatic heterocycles. The van der Waals surface area contributed by atoms with Gasteiger partial charge >= 0.3 is 16.6 Å². The number of benzene rings is 3. The number of rotatable bonds is 7. The summed E-state index contributed by atoms with van der Waals surface area (Å²) in [7, 11) is -5.32. The van der Waals surface area contributed by atoms with Crippen LogP contribution in [0.15, 0.2) is 59.7 Å². The van der Waals surface area contributed by atoms with Crippen LogP contribution >= 0.6 is 0 Å². The van der Waals surface area contributed by atoms with Crippen molar-refractivity contribution < 1.29 is 26.0 Å². The Hall–Kier alpha value is -4.08. The first-order chi connectivity index (χ1) is 16.7. The molecule has 0 heterocycles. The van der Waals surface area contributed by atoms with Gasteiger partial charge in [-0.2, -0.15) is 8.42 Å². The average molecular weight is 497 g/mol. The number of hydrogen-bond donors (Lipinski definition) is 1. The van der Waals surface area contributed by atoms with Crippen molar-refractivity contribution in [3.8, 4) is 16.9 Å². The Kier molecular flexibility index (Phi) is 6.63. The van der Waals surface area contributed by atoms with E-state index in [1.807, 2.05) is 48.5 Å². The predicted molar refractivity (Wildman–Crippen MR) is 127 cm³/mol. The van der Waals surface area contributed by atoms with Crippen LogP contribution in [0.3, 0.4) is 0 Å². The second kappa shape index (κ2) is 9.65. The van der Waals surface area contributed by atoms with Gasteiger partial charge < -0.3 is 14.2 Å². The summed E-state index contributed by atoms with van der Waals surface area (Å²) < 4.78 is 45.3. The maximum atomic E-state index is 13.2. The third-order valence-electron chi connectivity index (χ3n) is 5.96. The molecule has 3 aromatic rings.